The van der Waals surface area contributed by atoms with Crippen LogP contribution in [0.25, 0.3) is 10.4 Å². The average molecular weight is 158 g/mol. The second-order valence-electron chi connectivity index (χ2n) is 2.36. The number of hydrogen-bond donors (Lipinski definition) is 0. The molecule has 0 aromatic heterocycles. The van der Waals surface area contributed by atoms with Gasteiger partial charge in [0, 0.05) is 10.6 Å². The van der Waals surface area contributed by atoms with Crippen LogP contribution in [0, 0.1) is 18.3 Å². The van der Waals surface area contributed by atoms with Crippen molar-refractivity contribution in [2.24, 2.45) is 5.11 Å². The van der Waals surface area contributed by atoms with Gasteiger partial charge in [-0.3, -0.25) is 0 Å². The fourth-order valence-corrected chi connectivity index (χ4v) is 0.937. The van der Waals surface area contributed by atoms with Gasteiger partial charge in [-0.25, -0.2) is 0 Å². The number of benzene rings is 1. The molecule has 0 radical (unpaired) electrons. The van der Waals surface area contributed by atoms with E-state index in [1.807, 2.05) is 13.0 Å². The summed E-state index contributed by atoms with van der Waals surface area (Å²) in [4.78, 5) is 2.64. The Hall–Kier alpha value is -1.98. The molecule has 4 nitrogen and oxygen atoms in total. The molecule has 4 heteroatoms. The molecule has 0 saturated carbocycles. The molecule has 0 aliphatic heterocycles. The molecule has 0 atom stereocenters. The number of nitriles is 1. The molecule has 0 saturated heterocycles. The summed E-state index contributed by atoms with van der Waals surface area (Å²) >= 11 is 0. The van der Waals surface area contributed by atoms with Crippen molar-refractivity contribution in [3.05, 3.63) is 39.8 Å². The van der Waals surface area contributed by atoms with Crippen molar-refractivity contribution in [3.63, 3.8) is 0 Å². The van der Waals surface area contributed by atoms with E-state index >= 15 is 0 Å². The maximum atomic E-state index is 8.57. The zero-order valence-electron chi connectivity index (χ0n) is 6.52. The lowest BCUT2D eigenvalue weighted by Gasteiger charge is -1.95. The number of rotatable bonds is 1. The monoisotopic (exact) mass is 158 g/mol. The molecule has 0 aliphatic rings. The second-order valence-corrected chi connectivity index (χ2v) is 2.36. The normalized spacial score (nSPS) is 8.33. The number of nitrogens with zero attached hydrogens (tertiary/aromatic N) is 4. The molecule has 12 heavy (non-hydrogen) atoms. The first-order chi connectivity index (χ1) is 5.76. The van der Waals surface area contributed by atoms with E-state index in [1.165, 1.54) is 0 Å². The molecule has 1 rings (SSSR count). The van der Waals surface area contributed by atoms with Crippen molar-refractivity contribution in [1.82, 2.24) is 0 Å². The molecule has 0 N–H and O–H groups in total. The summed E-state index contributed by atoms with van der Waals surface area (Å²) in [5.74, 6) is 0. The standard InChI is InChI=1S/C8H6N4/c1-6-2-7(5-9)4-8(3-6)11-12-10/h2-4H,1H3. The maximum absolute atomic E-state index is 8.57. The number of hydrogen-bond acceptors (Lipinski definition) is 2. The summed E-state index contributed by atoms with van der Waals surface area (Å²) in [5.41, 5.74) is 10.1. The van der Waals surface area contributed by atoms with Gasteiger partial charge in [-0.2, -0.15) is 5.26 Å². The molecular formula is C8H6N4. The third-order valence-electron chi connectivity index (χ3n) is 1.35. The van der Waals surface area contributed by atoms with Crippen molar-refractivity contribution >= 4 is 5.69 Å². The second kappa shape index (κ2) is 3.42. The van der Waals surface area contributed by atoms with Crippen LogP contribution in [0.3, 0.4) is 0 Å². The summed E-state index contributed by atoms with van der Waals surface area (Å²) < 4.78 is 0. The minimum Gasteiger partial charge on any atom is -0.192 e. The van der Waals surface area contributed by atoms with E-state index in [-0.39, 0.29) is 0 Å². The van der Waals surface area contributed by atoms with Crippen LogP contribution in [0.1, 0.15) is 11.1 Å². The first kappa shape index (κ1) is 8.12. The van der Waals surface area contributed by atoms with Crippen LogP contribution in [0.15, 0.2) is 23.3 Å². The molecule has 0 fully saturated rings. The fourth-order valence-electron chi connectivity index (χ4n) is 0.937. The van der Waals surface area contributed by atoms with Gasteiger partial charge in [0.05, 0.1) is 11.6 Å². The Kier molecular flexibility index (Phi) is 2.32. The van der Waals surface area contributed by atoms with Crippen molar-refractivity contribution in [3.8, 4) is 6.07 Å². The van der Waals surface area contributed by atoms with E-state index in [0.717, 1.165) is 5.56 Å². The van der Waals surface area contributed by atoms with Crippen LogP contribution in [-0.2, 0) is 0 Å². The summed E-state index contributed by atoms with van der Waals surface area (Å²) in [5, 5.41) is 12.0. The summed E-state index contributed by atoms with van der Waals surface area (Å²) in [6, 6.07) is 6.99. The van der Waals surface area contributed by atoms with Gasteiger partial charge in [0.2, 0.25) is 0 Å². The van der Waals surface area contributed by atoms with E-state index in [1.54, 1.807) is 18.2 Å². The summed E-state index contributed by atoms with van der Waals surface area (Å²) in [6.45, 7) is 1.84. The number of aryl methyl sites for hydroxylation is 1. The quantitative estimate of drug-likeness (QED) is 0.352. The molecule has 0 heterocycles. The molecule has 0 aliphatic carbocycles. The lowest BCUT2D eigenvalue weighted by Crippen LogP contribution is -1.76. The Bertz CT molecular complexity index is 383. The van der Waals surface area contributed by atoms with Gasteiger partial charge in [-0.15, -0.1) is 0 Å². The summed E-state index contributed by atoms with van der Waals surface area (Å²) in [7, 11) is 0. The van der Waals surface area contributed by atoms with Gasteiger partial charge < -0.3 is 0 Å². The Balaban J connectivity index is 3.25. The average Bonchev–Trinajstić information content (AvgIpc) is 2.04. The molecule has 0 bridgehead atoms. The van der Waals surface area contributed by atoms with Crippen molar-refractivity contribution < 1.29 is 0 Å². The predicted molar refractivity (Wildman–Crippen MR) is 44.7 cm³/mol. The highest BCUT2D eigenvalue weighted by Gasteiger charge is 1.94. The Morgan fingerprint density at radius 2 is 2.25 bits per heavy atom. The van der Waals surface area contributed by atoms with E-state index in [2.05, 4.69) is 10.0 Å². The molecule has 1 aromatic carbocycles. The Labute approximate surface area is 69.7 Å². The highest BCUT2D eigenvalue weighted by Crippen LogP contribution is 2.16. The van der Waals surface area contributed by atoms with Gasteiger partial charge in [-0.05, 0) is 36.2 Å². The Morgan fingerprint density at radius 3 is 2.83 bits per heavy atom. The lowest BCUT2D eigenvalue weighted by molar-refractivity contribution is 1.38. The maximum Gasteiger partial charge on any atom is 0.0991 e. The van der Waals surface area contributed by atoms with Crippen LogP contribution >= 0.6 is 0 Å². The third-order valence-corrected chi connectivity index (χ3v) is 1.35. The van der Waals surface area contributed by atoms with E-state index in [4.69, 9.17) is 10.8 Å². The van der Waals surface area contributed by atoms with Crippen LogP contribution < -0.4 is 0 Å². The molecule has 0 spiro atoms. The third kappa shape index (κ3) is 1.75. The highest BCUT2D eigenvalue weighted by atomic mass is 15.1. The van der Waals surface area contributed by atoms with Gasteiger partial charge in [0.1, 0.15) is 0 Å². The van der Waals surface area contributed by atoms with Crippen LogP contribution in [0.4, 0.5) is 5.69 Å². The van der Waals surface area contributed by atoms with E-state index < -0.39 is 0 Å². The van der Waals surface area contributed by atoms with Crippen molar-refractivity contribution in [1.29, 1.82) is 5.26 Å². The largest absolute Gasteiger partial charge is 0.192 e. The smallest absolute Gasteiger partial charge is 0.0991 e. The topological polar surface area (TPSA) is 72.5 Å². The lowest BCUT2D eigenvalue weighted by atomic mass is 10.1. The molecule has 1 aromatic rings. The minimum atomic E-state index is 0.481. The van der Waals surface area contributed by atoms with Gasteiger partial charge in [0.15, 0.2) is 0 Å². The molecule has 0 amide bonds. The SMILES string of the molecule is Cc1cc(C#N)cc(N=[N+]=[N-])c1. The molecule has 58 valence electrons. The first-order valence-electron chi connectivity index (χ1n) is 3.33. The predicted octanol–water partition coefficient (Wildman–Crippen LogP) is 2.81. The number of azide groups is 1. The van der Waals surface area contributed by atoms with Gasteiger partial charge >= 0.3 is 0 Å². The van der Waals surface area contributed by atoms with Gasteiger partial charge in [0.25, 0.3) is 0 Å². The van der Waals surface area contributed by atoms with E-state index in [9.17, 15) is 0 Å². The fraction of sp³-hybridized carbons (Fsp3) is 0.125. The summed E-state index contributed by atoms with van der Waals surface area (Å²) in [6.07, 6.45) is 0. The highest BCUT2D eigenvalue weighted by molar-refractivity contribution is 5.47. The molecular weight excluding hydrogens is 152 g/mol. The Morgan fingerprint density at radius 1 is 1.50 bits per heavy atom. The van der Waals surface area contributed by atoms with Crippen molar-refractivity contribution in [2.45, 2.75) is 6.92 Å². The minimum absolute atomic E-state index is 0.481. The van der Waals surface area contributed by atoms with Gasteiger partial charge in [-0.1, -0.05) is 5.11 Å². The van der Waals surface area contributed by atoms with Crippen LogP contribution in [-0.4, -0.2) is 0 Å². The zero-order chi connectivity index (χ0) is 8.97. The van der Waals surface area contributed by atoms with Crippen LogP contribution in [0.5, 0.6) is 0 Å². The zero-order valence-corrected chi connectivity index (χ0v) is 6.52. The molecule has 0 unspecified atom stereocenters. The van der Waals surface area contributed by atoms with Crippen LogP contribution in [0.2, 0.25) is 0 Å². The van der Waals surface area contributed by atoms with Crippen molar-refractivity contribution in [2.75, 3.05) is 0 Å². The van der Waals surface area contributed by atoms with E-state index in [0.29, 0.717) is 11.3 Å². The first-order valence-corrected chi connectivity index (χ1v) is 3.33.